The second-order valence-electron chi connectivity index (χ2n) is 3.46. The van der Waals surface area contributed by atoms with Gasteiger partial charge in [-0.3, -0.25) is 9.59 Å². The number of hydrogen-bond donors (Lipinski definition) is 3. The molecule has 4 N–H and O–H groups in total. The number of nitrogens with one attached hydrogen (secondary N) is 1. The summed E-state index contributed by atoms with van der Waals surface area (Å²) in [5, 5.41) is 11.5. The molecule has 0 heterocycles. The van der Waals surface area contributed by atoms with Crippen LogP contribution in [0.2, 0.25) is 0 Å². The van der Waals surface area contributed by atoms with Crippen molar-refractivity contribution in [3.8, 4) is 0 Å². The lowest BCUT2D eigenvalue weighted by Gasteiger charge is -2.08. The number of thioether (sulfide) groups is 1. The topological polar surface area (TPSA) is 92.4 Å². The van der Waals surface area contributed by atoms with E-state index in [4.69, 9.17) is 10.8 Å². The second kappa shape index (κ2) is 7.40. The van der Waals surface area contributed by atoms with Gasteiger partial charge in [0.25, 0.3) is 0 Å². The van der Waals surface area contributed by atoms with Gasteiger partial charge in [0, 0.05) is 9.37 Å². The summed E-state index contributed by atoms with van der Waals surface area (Å²) < 4.78 is 0.973. The summed E-state index contributed by atoms with van der Waals surface area (Å²) in [4.78, 5) is 22.9. The van der Waals surface area contributed by atoms with Crippen LogP contribution in [-0.4, -0.2) is 35.3 Å². The van der Waals surface area contributed by atoms with Gasteiger partial charge in [-0.15, -0.1) is 11.8 Å². The minimum absolute atomic E-state index is 0.158. The summed E-state index contributed by atoms with van der Waals surface area (Å²) in [5.74, 6) is -0.897. The van der Waals surface area contributed by atoms with Gasteiger partial charge in [0.15, 0.2) is 0 Å². The van der Waals surface area contributed by atoms with E-state index in [2.05, 4.69) is 21.2 Å². The maximum Gasteiger partial charge on any atom is 0.248 e. The predicted octanol–water partition coefficient (Wildman–Crippen LogP) is 0.504. The lowest BCUT2D eigenvalue weighted by Crippen LogP contribution is -2.40. The molecule has 0 aliphatic carbocycles. The Labute approximate surface area is 117 Å². The molecule has 1 rings (SSSR count). The third-order valence-corrected chi connectivity index (χ3v) is 3.55. The van der Waals surface area contributed by atoms with Crippen LogP contribution in [-0.2, 0) is 9.59 Å². The molecule has 2 amide bonds. The van der Waals surface area contributed by atoms with Crippen LogP contribution in [0.4, 0.5) is 0 Å². The SMILES string of the molecule is NC(=O)C(O)CNC(=O)CSc1ccc(Br)cc1. The van der Waals surface area contributed by atoms with Crippen LogP contribution >= 0.6 is 27.7 Å². The smallest absolute Gasteiger partial charge is 0.248 e. The van der Waals surface area contributed by atoms with Crippen LogP contribution in [0.15, 0.2) is 33.6 Å². The van der Waals surface area contributed by atoms with Crippen molar-refractivity contribution in [2.45, 2.75) is 11.0 Å². The molecule has 0 aromatic heterocycles. The Morgan fingerprint density at radius 3 is 2.56 bits per heavy atom. The fraction of sp³-hybridized carbons (Fsp3) is 0.273. The van der Waals surface area contributed by atoms with Gasteiger partial charge in [-0.25, -0.2) is 0 Å². The minimum atomic E-state index is -1.34. The molecular formula is C11H13BrN2O3S. The van der Waals surface area contributed by atoms with E-state index in [0.29, 0.717) is 0 Å². The predicted molar refractivity (Wildman–Crippen MR) is 73.1 cm³/mol. The second-order valence-corrected chi connectivity index (χ2v) is 5.43. The first-order valence-corrected chi connectivity index (χ1v) is 6.89. The largest absolute Gasteiger partial charge is 0.381 e. The number of benzene rings is 1. The summed E-state index contributed by atoms with van der Waals surface area (Å²) in [6.45, 7) is -0.158. The minimum Gasteiger partial charge on any atom is -0.381 e. The maximum atomic E-state index is 11.4. The Morgan fingerprint density at radius 2 is 2.00 bits per heavy atom. The molecule has 1 aromatic carbocycles. The Hall–Kier alpha value is -1.05. The zero-order chi connectivity index (χ0) is 13.5. The van der Waals surface area contributed by atoms with E-state index < -0.39 is 12.0 Å². The van der Waals surface area contributed by atoms with Crippen LogP contribution in [0.1, 0.15) is 0 Å². The van der Waals surface area contributed by atoms with Crippen molar-refractivity contribution >= 4 is 39.5 Å². The van der Waals surface area contributed by atoms with Gasteiger partial charge in [0.1, 0.15) is 6.10 Å². The number of primary amides is 1. The quantitative estimate of drug-likeness (QED) is 0.661. The molecule has 0 aliphatic rings. The van der Waals surface area contributed by atoms with E-state index in [1.807, 2.05) is 24.3 Å². The number of nitrogens with two attached hydrogens (primary N) is 1. The molecule has 0 aliphatic heterocycles. The van der Waals surface area contributed by atoms with Crippen molar-refractivity contribution in [2.24, 2.45) is 5.73 Å². The van der Waals surface area contributed by atoms with Gasteiger partial charge in [0.2, 0.25) is 11.8 Å². The molecule has 7 heteroatoms. The molecule has 0 fully saturated rings. The third-order valence-electron chi connectivity index (χ3n) is 2.00. The normalized spacial score (nSPS) is 11.9. The number of aliphatic hydroxyl groups excluding tert-OH is 1. The highest BCUT2D eigenvalue weighted by molar-refractivity contribution is 9.10. The monoisotopic (exact) mass is 332 g/mol. The summed E-state index contributed by atoms with van der Waals surface area (Å²) >= 11 is 4.69. The molecule has 0 saturated heterocycles. The number of amides is 2. The molecule has 0 spiro atoms. The summed E-state index contributed by atoms with van der Waals surface area (Å²) in [6, 6.07) is 7.55. The van der Waals surface area contributed by atoms with E-state index >= 15 is 0 Å². The van der Waals surface area contributed by atoms with Gasteiger partial charge >= 0.3 is 0 Å². The van der Waals surface area contributed by atoms with Crippen molar-refractivity contribution in [3.63, 3.8) is 0 Å². The molecule has 0 saturated carbocycles. The van der Waals surface area contributed by atoms with Crippen LogP contribution < -0.4 is 11.1 Å². The van der Waals surface area contributed by atoms with E-state index in [-0.39, 0.29) is 18.2 Å². The van der Waals surface area contributed by atoms with Gasteiger partial charge in [0.05, 0.1) is 12.3 Å². The molecule has 0 bridgehead atoms. The van der Waals surface area contributed by atoms with Crippen molar-refractivity contribution in [3.05, 3.63) is 28.7 Å². The molecule has 5 nitrogen and oxygen atoms in total. The van der Waals surface area contributed by atoms with Gasteiger partial charge in [-0.2, -0.15) is 0 Å². The first-order chi connectivity index (χ1) is 8.49. The Bertz CT molecular complexity index is 425. The Kier molecular flexibility index (Phi) is 6.17. The van der Waals surface area contributed by atoms with Crippen molar-refractivity contribution in [2.75, 3.05) is 12.3 Å². The Balaban J connectivity index is 2.29. The summed E-state index contributed by atoms with van der Waals surface area (Å²) in [7, 11) is 0. The fourth-order valence-corrected chi connectivity index (χ4v) is 2.03. The van der Waals surface area contributed by atoms with Gasteiger partial charge in [-0.05, 0) is 24.3 Å². The molecule has 0 radical (unpaired) electrons. The van der Waals surface area contributed by atoms with Crippen LogP contribution in [0.25, 0.3) is 0 Å². The van der Waals surface area contributed by atoms with Crippen LogP contribution in [0.5, 0.6) is 0 Å². The van der Waals surface area contributed by atoms with Gasteiger partial charge < -0.3 is 16.2 Å². The van der Waals surface area contributed by atoms with Gasteiger partial charge in [-0.1, -0.05) is 15.9 Å². The molecular weight excluding hydrogens is 320 g/mol. The number of aliphatic hydroxyl groups is 1. The standard InChI is InChI=1S/C11H13BrN2O3S/c12-7-1-3-8(4-2-7)18-6-10(16)14-5-9(15)11(13)17/h1-4,9,15H,5-6H2,(H2,13,17)(H,14,16). The molecule has 18 heavy (non-hydrogen) atoms. The Morgan fingerprint density at radius 1 is 1.39 bits per heavy atom. The lowest BCUT2D eigenvalue weighted by atomic mass is 10.3. The third kappa shape index (κ3) is 5.52. The lowest BCUT2D eigenvalue weighted by molar-refractivity contribution is -0.126. The number of hydrogen-bond acceptors (Lipinski definition) is 4. The van der Waals surface area contributed by atoms with E-state index in [1.165, 1.54) is 11.8 Å². The number of rotatable bonds is 6. The molecule has 1 aromatic rings. The van der Waals surface area contributed by atoms with E-state index in [0.717, 1.165) is 9.37 Å². The number of carbonyl (C=O) groups is 2. The maximum absolute atomic E-state index is 11.4. The van der Waals surface area contributed by atoms with Crippen molar-refractivity contribution in [1.82, 2.24) is 5.32 Å². The first kappa shape index (κ1) is 15.0. The van der Waals surface area contributed by atoms with Crippen molar-refractivity contribution in [1.29, 1.82) is 0 Å². The van der Waals surface area contributed by atoms with E-state index in [1.54, 1.807) is 0 Å². The average Bonchev–Trinajstić information content (AvgIpc) is 2.35. The average molecular weight is 333 g/mol. The summed E-state index contributed by atoms with van der Waals surface area (Å²) in [5.41, 5.74) is 4.85. The number of carbonyl (C=O) groups excluding carboxylic acids is 2. The highest BCUT2D eigenvalue weighted by Gasteiger charge is 2.12. The fourth-order valence-electron chi connectivity index (χ4n) is 1.04. The highest BCUT2D eigenvalue weighted by atomic mass is 79.9. The highest BCUT2D eigenvalue weighted by Crippen LogP contribution is 2.20. The number of halogens is 1. The molecule has 1 unspecified atom stereocenters. The van der Waals surface area contributed by atoms with Crippen LogP contribution in [0.3, 0.4) is 0 Å². The summed E-state index contributed by atoms with van der Waals surface area (Å²) in [6.07, 6.45) is -1.34. The first-order valence-electron chi connectivity index (χ1n) is 5.11. The molecule has 1 atom stereocenters. The van der Waals surface area contributed by atoms with Crippen LogP contribution in [0, 0.1) is 0 Å². The van der Waals surface area contributed by atoms with Crippen molar-refractivity contribution < 1.29 is 14.7 Å². The molecule has 98 valence electrons. The van der Waals surface area contributed by atoms with E-state index in [9.17, 15) is 9.59 Å². The zero-order valence-corrected chi connectivity index (χ0v) is 11.8. The zero-order valence-electron chi connectivity index (χ0n) is 9.43.